The van der Waals surface area contributed by atoms with Crippen molar-refractivity contribution < 1.29 is 0 Å². The highest BCUT2D eigenvalue weighted by atomic mass is 14.6. The average Bonchev–Trinajstić information content (AvgIpc) is 1.85. The van der Waals surface area contributed by atoms with E-state index >= 15 is 0 Å². The summed E-state index contributed by atoms with van der Waals surface area (Å²) in [6.45, 7) is 4.85. The zero-order valence-electron chi connectivity index (χ0n) is 6.93. The van der Waals surface area contributed by atoms with E-state index in [0.717, 1.165) is 12.8 Å². The molecular formula is C8H18N2. The van der Waals surface area contributed by atoms with E-state index in [1.807, 2.05) is 0 Å². The third kappa shape index (κ3) is 5.79. The first-order valence-corrected chi connectivity index (χ1v) is 3.76. The second kappa shape index (κ2) is 5.45. The highest BCUT2D eigenvalue weighted by molar-refractivity contribution is 4.94. The fourth-order valence-electron chi connectivity index (χ4n) is 0.719. The normalized spacial score (nSPS) is 12.8. The van der Waals surface area contributed by atoms with E-state index in [-0.39, 0.29) is 6.04 Å². The Bertz CT molecular complexity index is 104. The van der Waals surface area contributed by atoms with Gasteiger partial charge in [-0.1, -0.05) is 11.6 Å². The van der Waals surface area contributed by atoms with Crippen LogP contribution in [0.1, 0.15) is 26.7 Å². The number of allylic oxidation sites excluding steroid dienone is 1. The lowest BCUT2D eigenvalue weighted by Crippen LogP contribution is -2.22. The number of hydrogen-bond acceptors (Lipinski definition) is 2. The molecule has 0 aliphatic rings. The van der Waals surface area contributed by atoms with Gasteiger partial charge in [0, 0.05) is 6.04 Å². The fraction of sp³-hybridized carbons (Fsp3) is 0.750. The first kappa shape index (κ1) is 9.66. The van der Waals surface area contributed by atoms with Crippen LogP contribution in [-0.4, -0.2) is 12.6 Å². The van der Waals surface area contributed by atoms with Crippen molar-refractivity contribution in [2.75, 3.05) is 6.54 Å². The van der Waals surface area contributed by atoms with E-state index in [9.17, 15) is 0 Å². The molecule has 0 saturated heterocycles. The lowest BCUT2D eigenvalue weighted by Gasteiger charge is -2.05. The molecule has 0 unspecified atom stereocenters. The molecule has 0 aliphatic heterocycles. The van der Waals surface area contributed by atoms with Crippen molar-refractivity contribution in [3.8, 4) is 0 Å². The van der Waals surface area contributed by atoms with E-state index in [1.165, 1.54) is 5.57 Å². The summed E-state index contributed by atoms with van der Waals surface area (Å²) >= 11 is 0. The van der Waals surface area contributed by atoms with Crippen LogP contribution in [0, 0.1) is 0 Å². The standard InChI is InChI=1S/C8H18N2/c1-7(2)3-4-8(10)5-6-9/h3,8H,4-6,9-10H2,1-2H3/t8-/m0/s1. The van der Waals surface area contributed by atoms with Crippen molar-refractivity contribution in [3.05, 3.63) is 11.6 Å². The van der Waals surface area contributed by atoms with Crippen LogP contribution in [0.4, 0.5) is 0 Å². The molecule has 0 saturated carbocycles. The topological polar surface area (TPSA) is 52.0 Å². The molecule has 0 aromatic heterocycles. The average molecular weight is 142 g/mol. The van der Waals surface area contributed by atoms with Crippen LogP contribution in [0.25, 0.3) is 0 Å². The van der Waals surface area contributed by atoms with Crippen molar-refractivity contribution in [1.82, 2.24) is 0 Å². The first-order chi connectivity index (χ1) is 4.66. The van der Waals surface area contributed by atoms with Crippen molar-refractivity contribution in [2.45, 2.75) is 32.7 Å². The molecule has 2 nitrogen and oxygen atoms in total. The molecule has 0 bridgehead atoms. The Morgan fingerprint density at radius 2 is 2.10 bits per heavy atom. The van der Waals surface area contributed by atoms with Crippen LogP contribution < -0.4 is 11.5 Å². The fourth-order valence-corrected chi connectivity index (χ4v) is 0.719. The van der Waals surface area contributed by atoms with Crippen molar-refractivity contribution in [1.29, 1.82) is 0 Å². The molecule has 0 aromatic rings. The lowest BCUT2D eigenvalue weighted by atomic mass is 10.1. The third-order valence-electron chi connectivity index (χ3n) is 1.37. The van der Waals surface area contributed by atoms with E-state index < -0.39 is 0 Å². The van der Waals surface area contributed by atoms with Crippen LogP contribution in [0.15, 0.2) is 11.6 Å². The van der Waals surface area contributed by atoms with Gasteiger partial charge < -0.3 is 11.5 Å². The Morgan fingerprint density at radius 1 is 1.50 bits per heavy atom. The van der Waals surface area contributed by atoms with Gasteiger partial charge >= 0.3 is 0 Å². The van der Waals surface area contributed by atoms with Crippen LogP contribution in [0.5, 0.6) is 0 Å². The van der Waals surface area contributed by atoms with Crippen LogP contribution in [0.2, 0.25) is 0 Å². The largest absolute Gasteiger partial charge is 0.330 e. The van der Waals surface area contributed by atoms with Gasteiger partial charge in [-0.2, -0.15) is 0 Å². The molecule has 0 spiro atoms. The highest BCUT2D eigenvalue weighted by Crippen LogP contribution is 1.98. The number of hydrogen-bond donors (Lipinski definition) is 2. The van der Waals surface area contributed by atoms with Gasteiger partial charge in [0.25, 0.3) is 0 Å². The van der Waals surface area contributed by atoms with E-state index in [0.29, 0.717) is 6.54 Å². The Labute approximate surface area is 63.3 Å². The predicted molar refractivity (Wildman–Crippen MR) is 45.7 cm³/mol. The predicted octanol–water partition coefficient (Wildman–Crippen LogP) is 1.02. The summed E-state index contributed by atoms with van der Waals surface area (Å²) in [5, 5.41) is 0. The molecule has 2 heteroatoms. The van der Waals surface area contributed by atoms with Crippen molar-refractivity contribution in [3.63, 3.8) is 0 Å². The van der Waals surface area contributed by atoms with Gasteiger partial charge in [-0.15, -0.1) is 0 Å². The van der Waals surface area contributed by atoms with Crippen molar-refractivity contribution in [2.24, 2.45) is 11.5 Å². The molecule has 0 fully saturated rings. The van der Waals surface area contributed by atoms with E-state index in [1.54, 1.807) is 0 Å². The third-order valence-corrected chi connectivity index (χ3v) is 1.37. The van der Waals surface area contributed by atoms with Gasteiger partial charge in [-0.25, -0.2) is 0 Å². The molecule has 0 amide bonds. The molecule has 4 N–H and O–H groups in total. The summed E-state index contributed by atoms with van der Waals surface area (Å²) in [4.78, 5) is 0. The van der Waals surface area contributed by atoms with E-state index in [2.05, 4.69) is 19.9 Å². The van der Waals surface area contributed by atoms with Crippen LogP contribution in [-0.2, 0) is 0 Å². The Morgan fingerprint density at radius 3 is 2.50 bits per heavy atom. The zero-order chi connectivity index (χ0) is 7.98. The molecule has 0 aliphatic carbocycles. The second-order valence-corrected chi connectivity index (χ2v) is 2.85. The summed E-state index contributed by atoms with van der Waals surface area (Å²) in [6.07, 6.45) is 4.03. The van der Waals surface area contributed by atoms with Crippen LogP contribution in [0.3, 0.4) is 0 Å². The number of nitrogens with two attached hydrogens (primary N) is 2. The lowest BCUT2D eigenvalue weighted by molar-refractivity contribution is 0.628. The molecule has 0 heterocycles. The SMILES string of the molecule is CC(C)=CC[C@H](N)CCN. The summed E-state index contributed by atoms with van der Waals surface area (Å²) in [6, 6.07) is 0.250. The van der Waals surface area contributed by atoms with Crippen LogP contribution >= 0.6 is 0 Å². The van der Waals surface area contributed by atoms with Gasteiger partial charge in [-0.05, 0) is 33.2 Å². The minimum atomic E-state index is 0.250. The van der Waals surface area contributed by atoms with Gasteiger partial charge in [0.2, 0.25) is 0 Å². The second-order valence-electron chi connectivity index (χ2n) is 2.85. The maximum Gasteiger partial charge on any atom is 0.00855 e. The van der Waals surface area contributed by atoms with Gasteiger partial charge in [0.05, 0.1) is 0 Å². The summed E-state index contributed by atoms with van der Waals surface area (Å²) < 4.78 is 0. The molecular weight excluding hydrogens is 124 g/mol. The Hall–Kier alpha value is -0.340. The minimum absolute atomic E-state index is 0.250. The van der Waals surface area contributed by atoms with Gasteiger partial charge in [0.15, 0.2) is 0 Å². The minimum Gasteiger partial charge on any atom is -0.330 e. The zero-order valence-corrected chi connectivity index (χ0v) is 6.93. The maximum atomic E-state index is 5.71. The molecule has 60 valence electrons. The summed E-state index contributed by atoms with van der Waals surface area (Å²) in [7, 11) is 0. The van der Waals surface area contributed by atoms with Gasteiger partial charge in [-0.3, -0.25) is 0 Å². The molecule has 0 aromatic carbocycles. The summed E-state index contributed by atoms with van der Waals surface area (Å²) in [5.74, 6) is 0. The smallest absolute Gasteiger partial charge is 0.00855 e. The quantitative estimate of drug-likeness (QED) is 0.576. The highest BCUT2D eigenvalue weighted by Gasteiger charge is 1.96. The summed E-state index contributed by atoms with van der Waals surface area (Å²) in [5.41, 5.74) is 12.4. The maximum absolute atomic E-state index is 5.71. The van der Waals surface area contributed by atoms with E-state index in [4.69, 9.17) is 11.5 Å². The Balaban J connectivity index is 3.38. The molecule has 1 atom stereocenters. The number of rotatable bonds is 4. The molecule has 10 heavy (non-hydrogen) atoms. The first-order valence-electron chi connectivity index (χ1n) is 3.76. The monoisotopic (exact) mass is 142 g/mol. The molecule has 0 rings (SSSR count). The Kier molecular flexibility index (Phi) is 5.26. The van der Waals surface area contributed by atoms with Gasteiger partial charge in [0.1, 0.15) is 0 Å². The molecule has 0 radical (unpaired) electrons. The van der Waals surface area contributed by atoms with Crippen molar-refractivity contribution >= 4 is 0 Å².